The molecule has 2 nitrogen and oxygen atoms in total. The monoisotopic (exact) mass is 167 g/mol. The summed E-state index contributed by atoms with van der Waals surface area (Å²) < 4.78 is 0. The van der Waals surface area contributed by atoms with E-state index in [9.17, 15) is 0 Å². The van der Waals surface area contributed by atoms with Crippen LogP contribution in [0.1, 0.15) is 0 Å². The minimum atomic E-state index is 0. The van der Waals surface area contributed by atoms with Gasteiger partial charge in [-0.2, -0.15) is 0 Å². The zero-order valence-corrected chi connectivity index (χ0v) is 4.93. The van der Waals surface area contributed by atoms with Gasteiger partial charge >= 0.3 is 17.1 Å². The van der Waals surface area contributed by atoms with Crippen LogP contribution in [0.25, 0.3) is 0 Å². The second-order valence-electron chi connectivity index (χ2n) is 0. The number of rotatable bonds is 0. The first kappa shape index (κ1) is 146. The van der Waals surface area contributed by atoms with Gasteiger partial charge in [0.05, 0.1) is 0 Å². The van der Waals surface area contributed by atoms with Crippen molar-refractivity contribution in [1.82, 2.24) is 12.3 Å². The van der Waals surface area contributed by atoms with Crippen LogP contribution >= 0.6 is 0 Å². The summed E-state index contributed by atoms with van der Waals surface area (Å²) in [6.45, 7) is 0. The fraction of sp³-hybridized carbons (Fsp3) is 0. The molecule has 6 N–H and O–H groups in total. The van der Waals surface area contributed by atoms with E-state index in [1.54, 1.807) is 0 Å². The van der Waals surface area contributed by atoms with Crippen molar-refractivity contribution in [2.75, 3.05) is 0 Å². The van der Waals surface area contributed by atoms with E-state index >= 15 is 0 Å². The van der Waals surface area contributed by atoms with Crippen LogP contribution in [-0.4, -0.2) is 0 Å². The van der Waals surface area contributed by atoms with Crippen molar-refractivity contribution in [2.24, 2.45) is 0 Å². The summed E-state index contributed by atoms with van der Waals surface area (Å²) in [5.74, 6) is 0. The van der Waals surface area contributed by atoms with Gasteiger partial charge in [-0.1, -0.05) is 0 Å². The predicted molar refractivity (Wildman–Crippen MR) is 10.0 cm³/mol. The maximum absolute atomic E-state index is 0. The molecule has 0 unspecified atom stereocenters. The van der Waals surface area contributed by atoms with Crippen molar-refractivity contribution < 1.29 is 41.9 Å². The minimum Gasteiger partial charge on any atom is -1.00 e. The van der Waals surface area contributed by atoms with E-state index in [4.69, 9.17) is 0 Å². The summed E-state index contributed by atoms with van der Waals surface area (Å²) in [5, 5.41) is 0. The number of hydrogen-bond acceptors (Lipinski definition) is 2. The fourth-order valence-corrected chi connectivity index (χ4v) is 0. The maximum Gasteiger partial charge on any atom is 2.00 e. The minimum absolute atomic E-state index is 0. The molecule has 5 heavy (non-hydrogen) atoms. The van der Waals surface area contributed by atoms with Gasteiger partial charge in [0, 0.05) is 0 Å². The van der Waals surface area contributed by atoms with Gasteiger partial charge in [0.1, 0.15) is 0 Å². The summed E-state index contributed by atoms with van der Waals surface area (Å²) in [6, 6.07) is 0. The Hall–Kier alpha value is 1.02. The Labute approximate surface area is 54.5 Å². The van der Waals surface area contributed by atoms with E-state index in [0.717, 1.165) is 0 Å². The first-order valence-electron chi connectivity index (χ1n) is 0. The standard InChI is InChI=1S/2ClH.Cu.2H3N/h2*1H;;2*1H3/q;;+2;;/p-2. The van der Waals surface area contributed by atoms with E-state index < -0.39 is 0 Å². The average Bonchev–Trinajstić information content (AvgIpc) is 0. The van der Waals surface area contributed by atoms with Crippen LogP contribution in [0, 0.1) is 0 Å². The van der Waals surface area contributed by atoms with E-state index in [-0.39, 0.29) is 54.2 Å². The van der Waals surface area contributed by atoms with Gasteiger partial charge in [-0.25, -0.2) is 0 Å². The molecule has 41 valence electrons. The molecule has 0 spiro atoms. The molecule has 0 bridgehead atoms. The molecule has 0 fully saturated rings. The van der Waals surface area contributed by atoms with Crippen molar-refractivity contribution in [3.63, 3.8) is 0 Å². The second kappa shape index (κ2) is 78.0. The van der Waals surface area contributed by atoms with Gasteiger partial charge < -0.3 is 37.1 Å². The summed E-state index contributed by atoms with van der Waals surface area (Å²) in [4.78, 5) is 0. The van der Waals surface area contributed by atoms with Gasteiger partial charge in [-0.05, 0) is 0 Å². The quantitative estimate of drug-likeness (QED) is 0.354. The van der Waals surface area contributed by atoms with Crippen molar-refractivity contribution in [3.05, 3.63) is 0 Å². The summed E-state index contributed by atoms with van der Waals surface area (Å²) in [7, 11) is 0. The zero-order valence-electron chi connectivity index (χ0n) is 2.47. The fourth-order valence-electron chi connectivity index (χ4n) is 0. The van der Waals surface area contributed by atoms with Gasteiger partial charge in [0.25, 0.3) is 0 Å². The molecule has 5 heteroatoms. The average molecular weight is 169 g/mol. The second-order valence-corrected chi connectivity index (χ2v) is 0. The van der Waals surface area contributed by atoms with Gasteiger partial charge in [-0.3, -0.25) is 0 Å². The Bertz CT molecular complexity index is 7.61. The molecular weight excluding hydrogens is 162 g/mol. The Balaban J connectivity index is 0. The van der Waals surface area contributed by atoms with E-state index in [0.29, 0.717) is 0 Å². The molecule has 1 radical (unpaired) electrons. The van der Waals surface area contributed by atoms with E-state index in [1.165, 1.54) is 0 Å². The van der Waals surface area contributed by atoms with Crippen LogP contribution in [-0.2, 0) is 17.1 Å². The number of hydrogen-bond donors (Lipinski definition) is 2. The van der Waals surface area contributed by atoms with Crippen LogP contribution in [0.3, 0.4) is 0 Å². The molecule has 0 rings (SSSR count). The molecule has 0 heterocycles. The molecule has 0 aromatic rings. The van der Waals surface area contributed by atoms with Crippen LogP contribution in [0.2, 0.25) is 0 Å². The van der Waals surface area contributed by atoms with Crippen LogP contribution < -0.4 is 37.1 Å². The van der Waals surface area contributed by atoms with E-state index in [1.807, 2.05) is 0 Å². The number of halogens is 2. The normalized spacial score (nSPS) is 0. The predicted octanol–water partition coefficient (Wildman–Crippen LogP) is -5.67. The maximum atomic E-state index is 0. The van der Waals surface area contributed by atoms with Crippen molar-refractivity contribution in [1.29, 1.82) is 0 Å². The topological polar surface area (TPSA) is 70.0 Å². The third-order valence-corrected chi connectivity index (χ3v) is 0. The van der Waals surface area contributed by atoms with Gasteiger partial charge in [-0.15, -0.1) is 0 Å². The third-order valence-electron chi connectivity index (χ3n) is 0. The van der Waals surface area contributed by atoms with Crippen molar-refractivity contribution >= 4 is 0 Å². The molecule has 0 amide bonds. The van der Waals surface area contributed by atoms with Crippen LogP contribution in [0.4, 0.5) is 0 Å². The Morgan fingerprint density at radius 1 is 0.600 bits per heavy atom. The molecule has 0 aromatic heterocycles. The summed E-state index contributed by atoms with van der Waals surface area (Å²) in [5.41, 5.74) is 0. The van der Waals surface area contributed by atoms with Crippen LogP contribution in [0.15, 0.2) is 0 Å². The Morgan fingerprint density at radius 2 is 0.600 bits per heavy atom. The van der Waals surface area contributed by atoms with Crippen molar-refractivity contribution in [3.8, 4) is 0 Å². The zero-order chi connectivity index (χ0) is 0. The molecule has 0 saturated heterocycles. The smallest absolute Gasteiger partial charge is 1.00 e. The molecule has 0 aliphatic heterocycles. The molecule has 0 aliphatic rings. The SMILES string of the molecule is N.N.[Cl-].[Cl-].[Cu+2]. The summed E-state index contributed by atoms with van der Waals surface area (Å²) >= 11 is 0. The van der Waals surface area contributed by atoms with Gasteiger partial charge in [0.15, 0.2) is 0 Å². The Kier molecular flexibility index (Phi) is 2280. The molecule has 0 saturated carbocycles. The molecular formula is H6Cl2CuN2. The van der Waals surface area contributed by atoms with Crippen molar-refractivity contribution in [2.45, 2.75) is 0 Å². The van der Waals surface area contributed by atoms with Crippen LogP contribution in [0.5, 0.6) is 0 Å². The molecule has 0 aromatic carbocycles. The first-order valence-corrected chi connectivity index (χ1v) is 0. The Morgan fingerprint density at radius 3 is 0.600 bits per heavy atom. The molecule has 0 aliphatic carbocycles. The third kappa shape index (κ3) is 44.0. The largest absolute Gasteiger partial charge is 2.00 e. The summed E-state index contributed by atoms with van der Waals surface area (Å²) in [6.07, 6.45) is 0. The van der Waals surface area contributed by atoms with Gasteiger partial charge in [0.2, 0.25) is 0 Å². The molecule has 0 atom stereocenters. The van der Waals surface area contributed by atoms with E-state index in [2.05, 4.69) is 0 Å². The first-order chi connectivity index (χ1) is 0.